The topological polar surface area (TPSA) is 49.9 Å². The van der Waals surface area contributed by atoms with E-state index in [0.717, 1.165) is 24.8 Å². The molecule has 1 aliphatic heterocycles. The molecule has 0 spiro atoms. The molecular formula is C25H35FN2O3S. The molecule has 0 amide bonds. The number of Topliss-reactive ketones (excluding diaryl/α,β-unsaturated/α-hetero) is 1. The molecule has 1 saturated carbocycles. The Kier molecular flexibility index (Phi) is 8.91. The Morgan fingerprint density at radius 2 is 2.00 bits per heavy atom. The fourth-order valence-corrected chi connectivity index (χ4v) is 4.50. The van der Waals surface area contributed by atoms with E-state index in [1.807, 2.05) is 18.7 Å². The Hall–Kier alpha value is -1.70. The minimum absolute atomic E-state index is 0.0433. The highest BCUT2D eigenvalue weighted by atomic mass is 32.1. The van der Waals surface area contributed by atoms with Crippen molar-refractivity contribution >= 4 is 24.4 Å². The summed E-state index contributed by atoms with van der Waals surface area (Å²) in [5.41, 5.74) is 1.58. The summed E-state index contributed by atoms with van der Waals surface area (Å²) in [4.78, 5) is 29.3. The Labute approximate surface area is 196 Å². The molecule has 1 aromatic carbocycles. The third kappa shape index (κ3) is 6.42. The van der Waals surface area contributed by atoms with Crippen LogP contribution in [0.4, 0.5) is 4.39 Å². The first kappa shape index (κ1) is 24.9. The zero-order chi connectivity index (χ0) is 23.3. The molecule has 176 valence electrons. The number of benzene rings is 1. The maximum atomic E-state index is 14.7. The van der Waals surface area contributed by atoms with Crippen molar-refractivity contribution in [1.29, 1.82) is 0 Å². The molecule has 7 heteroatoms. The van der Waals surface area contributed by atoms with E-state index >= 15 is 0 Å². The predicted octanol–water partition coefficient (Wildman–Crippen LogP) is 4.05. The minimum atomic E-state index is -0.561. The molecule has 3 rings (SSSR count). The van der Waals surface area contributed by atoms with Gasteiger partial charge in [0.1, 0.15) is 5.82 Å². The lowest BCUT2D eigenvalue weighted by molar-refractivity contribution is -0.144. The van der Waals surface area contributed by atoms with E-state index in [1.165, 1.54) is 6.07 Å². The molecular weight excluding hydrogens is 427 g/mol. The summed E-state index contributed by atoms with van der Waals surface area (Å²) in [5.74, 6) is -0.396. The zero-order valence-electron chi connectivity index (χ0n) is 19.3. The monoisotopic (exact) mass is 462 g/mol. The van der Waals surface area contributed by atoms with Crippen LogP contribution in [-0.2, 0) is 14.3 Å². The van der Waals surface area contributed by atoms with E-state index in [-0.39, 0.29) is 41.3 Å². The van der Waals surface area contributed by atoms with Gasteiger partial charge in [0.25, 0.3) is 0 Å². The van der Waals surface area contributed by atoms with Gasteiger partial charge in [-0.3, -0.25) is 19.4 Å². The number of esters is 1. The number of piperidine rings is 1. The van der Waals surface area contributed by atoms with E-state index in [4.69, 9.17) is 17.4 Å². The van der Waals surface area contributed by atoms with Gasteiger partial charge in [-0.2, -0.15) is 12.6 Å². The summed E-state index contributed by atoms with van der Waals surface area (Å²) in [6, 6.07) is 6.23. The molecule has 0 radical (unpaired) electrons. The molecule has 2 fully saturated rings. The van der Waals surface area contributed by atoms with Crippen LogP contribution in [0.2, 0.25) is 0 Å². The number of ketones is 1. The van der Waals surface area contributed by atoms with E-state index in [0.29, 0.717) is 31.8 Å². The van der Waals surface area contributed by atoms with Gasteiger partial charge in [0.15, 0.2) is 5.78 Å². The predicted molar refractivity (Wildman–Crippen MR) is 127 cm³/mol. The average molecular weight is 463 g/mol. The highest BCUT2D eigenvalue weighted by molar-refractivity contribution is 7.81. The second-order valence-electron chi connectivity index (χ2n) is 8.98. The van der Waals surface area contributed by atoms with Crippen molar-refractivity contribution in [3.8, 4) is 0 Å². The summed E-state index contributed by atoms with van der Waals surface area (Å²) in [7, 11) is 0. The second-order valence-corrected chi connectivity index (χ2v) is 9.61. The van der Waals surface area contributed by atoms with Gasteiger partial charge in [0.2, 0.25) is 0 Å². The molecule has 0 N–H and O–H groups in total. The lowest BCUT2D eigenvalue weighted by Crippen LogP contribution is -2.43. The summed E-state index contributed by atoms with van der Waals surface area (Å²) < 4.78 is 19.8. The van der Waals surface area contributed by atoms with Crippen molar-refractivity contribution in [1.82, 2.24) is 9.80 Å². The van der Waals surface area contributed by atoms with Gasteiger partial charge in [0.05, 0.1) is 19.2 Å². The molecule has 1 aliphatic carbocycles. The summed E-state index contributed by atoms with van der Waals surface area (Å²) in [6.07, 6.45) is 4.69. The number of halogens is 1. The van der Waals surface area contributed by atoms with Crippen LogP contribution in [0.5, 0.6) is 0 Å². The van der Waals surface area contributed by atoms with E-state index in [1.54, 1.807) is 25.1 Å². The average Bonchev–Trinajstić information content (AvgIpc) is 3.59. The maximum Gasteiger partial charge on any atom is 0.320 e. The first-order chi connectivity index (χ1) is 15.3. The third-order valence-corrected chi connectivity index (χ3v) is 6.86. The highest BCUT2D eigenvalue weighted by Crippen LogP contribution is 2.39. The molecule has 2 atom stereocenters. The van der Waals surface area contributed by atoms with E-state index in [2.05, 4.69) is 11.0 Å². The van der Waals surface area contributed by atoms with Gasteiger partial charge in [-0.25, -0.2) is 4.39 Å². The molecule has 1 saturated heterocycles. The van der Waals surface area contributed by atoms with Gasteiger partial charge in [-0.05, 0) is 51.7 Å². The number of rotatable bonds is 10. The Bertz CT molecular complexity index is 840. The second kappa shape index (κ2) is 11.4. The minimum Gasteiger partial charge on any atom is -0.465 e. The number of carbonyl (C=O) groups is 2. The SMILES string of the molecule is CCOC(=O)CN(CC=C1CN(C(C(=O)C2CC2)c2ccccc2F)CCC1S)C(C)C. The third-order valence-electron chi connectivity index (χ3n) is 6.27. The van der Waals surface area contributed by atoms with Crippen molar-refractivity contribution in [3.05, 3.63) is 47.3 Å². The standard InChI is InChI=1S/C25H35FN2O3S/c1-4-31-23(29)16-27(17(2)3)13-11-19-15-28(14-12-22(19)32)24(25(30)18-9-10-18)20-7-5-6-8-21(20)26/h5-8,11,17-18,22,24,32H,4,9-10,12-16H2,1-3H3. The largest absolute Gasteiger partial charge is 0.465 e. The van der Waals surface area contributed by atoms with Crippen LogP contribution in [0.25, 0.3) is 0 Å². The summed E-state index contributed by atoms with van der Waals surface area (Å²) in [6.45, 7) is 8.35. The summed E-state index contributed by atoms with van der Waals surface area (Å²) >= 11 is 4.77. The Morgan fingerprint density at radius 1 is 1.28 bits per heavy atom. The van der Waals surface area contributed by atoms with Crippen LogP contribution in [-0.4, -0.2) is 65.6 Å². The van der Waals surface area contributed by atoms with Crippen LogP contribution in [0.1, 0.15) is 51.6 Å². The fourth-order valence-electron chi connectivity index (χ4n) is 4.20. The smallest absolute Gasteiger partial charge is 0.320 e. The highest BCUT2D eigenvalue weighted by Gasteiger charge is 2.40. The number of likely N-dealkylation sites (tertiary alicyclic amines) is 1. The molecule has 32 heavy (non-hydrogen) atoms. The van der Waals surface area contributed by atoms with Crippen molar-refractivity contribution in [2.24, 2.45) is 5.92 Å². The van der Waals surface area contributed by atoms with Crippen LogP contribution in [0, 0.1) is 11.7 Å². The first-order valence-corrected chi connectivity index (χ1v) is 12.1. The van der Waals surface area contributed by atoms with Gasteiger partial charge in [-0.1, -0.05) is 24.3 Å². The fraction of sp³-hybridized carbons (Fsp3) is 0.600. The molecule has 2 unspecified atom stereocenters. The molecule has 1 aromatic rings. The van der Waals surface area contributed by atoms with Crippen molar-refractivity contribution in [2.75, 3.05) is 32.8 Å². The number of ether oxygens (including phenoxy) is 1. The van der Waals surface area contributed by atoms with E-state index in [9.17, 15) is 14.0 Å². The van der Waals surface area contributed by atoms with Gasteiger partial charge in [0, 0.05) is 42.4 Å². The van der Waals surface area contributed by atoms with Crippen LogP contribution in [0.3, 0.4) is 0 Å². The normalized spacial score (nSPS) is 21.8. The molecule has 1 heterocycles. The zero-order valence-corrected chi connectivity index (χ0v) is 20.2. The summed E-state index contributed by atoms with van der Waals surface area (Å²) in [5, 5.41) is 0.0835. The number of thiol groups is 1. The number of carbonyl (C=O) groups excluding carboxylic acids is 2. The number of hydrogen-bond acceptors (Lipinski definition) is 6. The quantitative estimate of drug-likeness (QED) is 0.323. The van der Waals surface area contributed by atoms with Gasteiger partial charge in [-0.15, -0.1) is 0 Å². The maximum absolute atomic E-state index is 14.7. The van der Waals surface area contributed by atoms with Crippen molar-refractivity contribution in [2.45, 2.75) is 57.4 Å². The Morgan fingerprint density at radius 3 is 2.62 bits per heavy atom. The van der Waals surface area contributed by atoms with E-state index < -0.39 is 6.04 Å². The van der Waals surface area contributed by atoms with Gasteiger partial charge < -0.3 is 4.74 Å². The first-order valence-electron chi connectivity index (χ1n) is 11.6. The Balaban J connectivity index is 1.78. The van der Waals surface area contributed by atoms with Crippen LogP contribution in [0.15, 0.2) is 35.9 Å². The van der Waals surface area contributed by atoms with Crippen molar-refractivity contribution < 1.29 is 18.7 Å². The lowest BCUT2D eigenvalue weighted by atomic mass is 9.93. The molecule has 5 nitrogen and oxygen atoms in total. The number of hydrogen-bond donors (Lipinski definition) is 1. The molecule has 0 aromatic heterocycles. The molecule has 2 aliphatic rings. The van der Waals surface area contributed by atoms with Gasteiger partial charge >= 0.3 is 5.97 Å². The molecule has 0 bridgehead atoms. The number of nitrogens with zero attached hydrogens (tertiary/aromatic N) is 2. The van der Waals surface area contributed by atoms with Crippen molar-refractivity contribution in [3.63, 3.8) is 0 Å². The lowest BCUT2D eigenvalue weighted by Gasteiger charge is -2.38. The van der Waals surface area contributed by atoms with Crippen LogP contribution < -0.4 is 0 Å². The van der Waals surface area contributed by atoms with Crippen LogP contribution >= 0.6 is 12.6 Å².